The second kappa shape index (κ2) is 9.30. The summed E-state index contributed by atoms with van der Waals surface area (Å²) in [5, 5.41) is 3.24. The Bertz CT molecular complexity index is 848. The molecular weight excluding hydrogens is 426 g/mol. The van der Waals surface area contributed by atoms with Crippen molar-refractivity contribution in [2.24, 2.45) is 21.3 Å². The number of alkyl halides is 3. The number of nitrogens with one attached hydrogen (secondary N) is 1. The summed E-state index contributed by atoms with van der Waals surface area (Å²) in [6.45, 7) is 6.72. The lowest BCUT2D eigenvalue weighted by molar-refractivity contribution is -0.0596. The molecule has 0 heterocycles. The van der Waals surface area contributed by atoms with Crippen LogP contribution in [-0.2, 0) is 0 Å². The van der Waals surface area contributed by atoms with Crippen molar-refractivity contribution in [1.82, 2.24) is 5.32 Å². The molecule has 1 aliphatic carbocycles. The second-order valence-electron chi connectivity index (χ2n) is 7.41. The molecule has 2 rings (SSSR count). The molecule has 0 aliphatic heterocycles. The van der Waals surface area contributed by atoms with E-state index in [0.29, 0.717) is 11.5 Å². The van der Waals surface area contributed by atoms with Crippen molar-refractivity contribution >= 4 is 41.7 Å². The fraction of sp³-hybridized carbons (Fsp3) is 0.450. The molecule has 0 spiro atoms. The van der Waals surface area contributed by atoms with E-state index >= 15 is 0 Å². The number of carbonyl (C=O) groups excluding carboxylic acids is 1. The van der Waals surface area contributed by atoms with Crippen molar-refractivity contribution in [1.29, 1.82) is 0 Å². The normalized spacial score (nSPS) is 17.6. The Hall–Kier alpha value is -1.86. The summed E-state index contributed by atoms with van der Waals surface area (Å²) in [5.74, 6) is -1.24. The molecule has 0 saturated heterocycles. The molecule has 9 heteroatoms. The van der Waals surface area contributed by atoms with Gasteiger partial charge >= 0.3 is 6.18 Å². The second-order valence-corrected chi connectivity index (χ2v) is 8.20. The zero-order chi connectivity index (χ0) is 21.8. The summed E-state index contributed by atoms with van der Waals surface area (Å²) < 4.78 is 38.5. The number of hydrogen-bond acceptors (Lipinski definition) is 2. The molecule has 4 nitrogen and oxygen atoms in total. The van der Waals surface area contributed by atoms with Gasteiger partial charge in [-0.15, -0.1) is 0 Å². The van der Waals surface area contributed by atoms with E-state index in [4.69, 9.17) is 23.2 Å². The van der Waals surface area contributed by atoms with Crippen molar-refractivity contribution in [3.63, 3.8) is 0 Å². The summed E-state index contributed by atoms with van der Waals surface area (Å²) in [5.41, 5.74) is 0.263. The first-order chi connectivity index (χ1) is 13.5. The number of rotatable bonds is 7. The molecule has 1 amide bonds. The van der Waals surface area contributed by atoms with Crippen LogP contribution in [0.25, 0.3) is 0 Å². The van der Waals surface area contributed by atoms with E-state index in [1.165, 1.54) is 0 Å². The van der Waals surface area contributed by atoms with Crippen LogP contribution in [0.15, 0.2) is 40.0 Å². The van der Waals surface area contributed by atoms with E-state index in [2.05, 4.69) is 22.0 Å². The number of aliphatic imine (C=N–C) groups is 2. The van der Waals surface area contributed by atoms with E-state index in [0.717, 1.165) is 25.5 Å². The predicted molar refractivity (Wildman–Crippen MR) is 111 cm³/mol. The van der Waals surface area contributed by atoms with E-state index < -0.39 is 23.3 Å². The lowest BCUT2D eigenvalue weighted by Crippen LogP contribution is -2.37. The maximum atomic E-state index is 12.8. The van der Waals surface area contributed by atoms with Gasteiger partial charge < -0.3 is 5.32 Å². The average molecular weight is 448 g/mol. The minimum absolute atomic E-state index is 0.152. The molecule has 1 aliphatic rings. The molecule has 1 aromatic rings. The SMILES string of the molecule is C=NC(=N/C=C(\C)C(C)(CNC(=O)c1cccc(Cl)c1Cl)CC1CC1)C(F)(F)F. The standard InChI is InChI=1S/C20H22Cl2F3N3O/c1-12(10-27-18(26-3)20(23,24)25)19(2,9-13-7-8-13)11-28-17(29)14-5-4-6-15(21)16(14)22/h4-6,10,13H,3,7-9,11H2,1-2H3,(H,28,29)/b12-10+,27-18?. The smallest absolute Gasteiger partial charge is 0.351 e. The highest BCUT2D eigenvalue weighted by molar-refractivity contribution is 6.43. The maximum Gasteiger partial charge on any atom is 0.451 e. The molecule has 1 aromatic carbocycles. The number of halogens is 5. The number of benzene rings is 1. The van der Waals surface area contributed by atoms with Gasteiger partial charge in [-0.1, -0.05) is 49.0 Å². The van der Waals surface area contributed by atoms with E-state index in [-0.39, 0.29) is 22.2 Å². The first kappa shape index (κ1) is 23.4. The molecule has 158 valence electrons. The van der Waals surface area contributed by atoms with Crippen LogP contribution in [0.5, 0.6) is 0 Å². The molecule has 29 heavy (non-hydrogen) atoms. The van der Waals surface area contributed by atoms with Crippen LogP contribution in [-0.4, -0.2) is 31.2 Å². The predicted octanol–water partition coefficient (Wildman–Crippen LogP) is 6.09. The van der Waals surface area contributed by atoms with Crippen LogP contribution in [0.1, 0.15) is 43.5 Å². The molecule has 0 bridgehead atoms. The maximum absolute atomic E-state index is 12.8. The van der Waals surface area contributed by atoms with Gasteiger partial charge in [-0.25, -0.2) is 9.98 Å². The third-order valence-corrected chi connectivity index (χ3v) is 5.83. The molecular formula is C20H22Cl2F3N3O. The zero-order valence-electron chi connectivity index (χ0n) is 16.1. The molecule has 1 unspecified atom stereocenters. The Morgan fingerprint density at radius 3 is 2.55 bits per heavy atom. The quantitative estimate of drug-likeness (QED) is 0.398. The molecule has 1 N–H and O–H groups in total. The Morgan fingerprint density at radius 2 is 2.00 bits per heavy atom. The summed E-state index contributed by atoms with van der Waals surface area (Å²) in [6, 6.07) is 4.75. The molecule has 1 fully saturated rings. The van der Waals surface area contributed by atoms with Crippen molar-refractivity contribution < 1.29 is 18.0 Å². The zero-order valence-corrected chi connectivity index (χ0v) is 17.6. The van der Waals surface area contributed by atoms with E-state index in [1.807, 2.05) is 6.92 Å². The number of amides is 1. The first-order valence-electron chi connectivity index (χ1n) is 8.99. The summed E-state index contributed by atoms with van der Waals surface area (Å²) in [7, 11) is 0. The first-order valence-corrected chi connectivity index (χ1v) is 9.74. The summed E-state index contributed by atoms with van der Waals surface area (Å²) in [6.07, 6.45) is -0.691. The fourth-order valence-electron chi connectivity index (χ4n) is 2.90. The van der Waals surface area contributed by atoms with Crippen LogP contribution in [0.2, 0.25) is 10.0 Å². The average Bonchev–Trinajstić information content (AvgIpc) is 3.45. The Balaban J connectivity index is 2.21. The van der Waals surface area contributed by atoms with Crippen LogP contribution >= 0.6 is 23.2 Å². The van der Waals surface area contributed by atoms with Crippen LogP contribution in [0.3, 0.4) is 0 Å². The molecule has 1 saturated carbocycles. The van der Waals surface area contributed by atoms with Crippen molar-refractivity contribution in [3.05, 3.63) is 45.6 Å². The topological polar surface area (TPSA) is 53.8 Å². The van der Waals surface area contributed by atoms with E-state index in [9.17, 15) is 18.0 Å². The van der Waals surface area contributed by atoms with Gasteiger partial charge in [0.25, 0.3) is 5.91 Å². The van der Waals surface area contributed by atoms with E-state index in [1.54, 1.807) is 25.1 Å². The lowest BCUT2D eigenvalue weighted by Gasteiger charge is -2.31. The van der Waals surface area contributed by atoms with Gasteiger partial charge in [0, 0.05) is 18.2 Å². The third-order valence-electron chi connectivity index (χ3n) is 5.01. The highest BCUT2D eigenvalue weighted by Crippen LogP contribution is 2.43. The number of nitrogens with zero attached hydrogens (tertiary/aromatic N) is 2. The molecule has 0 aromatic heterocycles. The van der Waals surface area contributed by atoms with Gasteiger partial charge in [0.05, 0.1) is 15.6 Å². The lowest BCUT2D eigenvalue weighted by atomic mass is 9.78. The fourth-order valence-corrected chi connectivity index (χ4v) is 3.29. The summed E-state index contributed by atoms with van der Waals surface area (Å²) in [4.78, 5) is 19.0. The number of amidine groups is 1. The molecule has 0 radical (unpaired) electrons. The number of hydrogen-bond donors (Lipinski definition) is 1. The van der Waals surface area contributed by atoms with Crippen molar-refractivity contribution in [3.8, 4) is 0 Å². The minimum atomic E-state index is -4.68. The summed E-state index contributed by atoms with van der Waals surface area (Å²) >= 11 is 12.0. The van der Waals surface area contributed by atoms with Crippen molar-refractivity contribution in [2.45, 2.75) is 39.3 Å². The monoisotopic (exact) mass is 447 g/mol. The third kappa shape index (κ3) is 6.31. The van der Waals surface area contributed by atoms with Gasteiger partial charge in [-0.2, -0.15) is 13.2 Å². The van der Waals surface area contributed by atoms with Crippen LogP contribution in [0, 0.1) is 11.3 Å². The van der Waals surface area contributed by atoms with Crippen LogP contribution < -0.4 is 5.32 Å². The Morgan fingerprint density at radius 1 is 1.34 bits per heavy atom. The Kier molecular flexibility index (Phi) is 7.51. The highest BCUT2D eigenvalue weighted by Gasteiger charge is 2.37. The van der Waals surface area contributed by atoms with Gasteiger partial charge in [-0.05, 0) is 43.7 Å². The van der Waals surface area contributed by atoms with Gasteiger partial charge in [0.15, 0.2) is 0 Å². The van der Waals surface area contributed by atoms with Crippen molar-refractivity contribution in [2.75, 3.05) is 6.54 Å². The number of carbonyl (C=O) groups is 1. The van der Waals surface area contributed by atoms with Crippen LogP contribution in [0.4, 0.5) is 13.2 Å². The van der Waals surface area contributed by atoms with Gasteiger partial charge in [0.1, 0.15) is 0 Å². The Labute approximate surface area is 177 Å². The van der Waals surface area contributed by atoms with Gasteiger partial charge in [-0.3, -0.25) is 4.79 Å². The minimum Gasteiger partial charge on any atom is -0.351 e. The van der Waals surface area contributed by atoms with Gasteiger partial charge in [0.2, 0.25) is 5.84 Å². The highest BCUT2D eigenvalue weighted by atomic mass is 35.5. The largest absolute Gasteiger partial charge is 0.451 e. The molecule has 1 atom stereocenters.